The summed E-state index contributed by atoms with van der Waals surface area (Å²) in [5.74, 6) is -11.6. The van der Waals surface area contributed by atoms with Crippen LogP contribution in [0.4, 0.5) is 0 Å². The molecule has 0 heterocycles. The van der Waals surface area contributed by atoms with E-state index in [1.165, 1.54) is 21.0 Å². The van der Waals surface area contributed by atoms with Crippen LogP contribution in [0.5, 0.6) is 0 Å². The Hall–Kier alpha value is -13.4. The molecule has 3 aliphatic rings. The smallest absolute Gasteiger partial charge is 0.328 e. The first kappa shape index (κ1) is 133. The summed E-state index contributed by atoms with van der Waals surface area (Å²) < 4.78 is 24.1. The molecule has 3 unspecified atom stereocenters. The van der Waals surface area contributed by atoms with Crippen LogP contribution < -0.4 is 42.5 Å². The normalized spacial score (nSPS) is 13.6. The van der Waals surface area contributed by atoms with Crippen LogP contribution >= 0.6 is 0 Å². The lowest BCUT2D eigenvalue weighted by Gasteiger charge is -2.22. The predicted molar refractivity (Wildman–Crippen MR) is 562 cm³/mol. The zero-order chi connectivity index (χ0) is 112. The average molecular weight is 2060 g/mol. The molecule has 0 bridgehead atoms. The van der Waals surface area contributed by atoms with Crippen molar-refractivity contribution < 1.29 is 124 Å². The van der Waals surface area contributed by atoms with Crippen LogP contribution in [0.15, 0.2) is 152 Å². The number of esters is 5. The quantitative estimate of drug-likeness (QED) is 0.0102. The van der Waals surface area contributed by atoms with Crippen LogP contribution in [0.25, 0.3) is 0 Å². The topological polar surface area (TPSA) is 501 Å². The summed E-state index contributed by atoms with van der Waals surface area (Å²) >= 11 is 0. The number of ketones is 8. The second kappa shape index (κ2) is 72.0. The van der Waals surface area contributed by atoms with Gasteiger partial charge in [0.15, 0.2) is 0 Å². The van der Waals surface area contributed by atoms with Gasteiger partial charge in [0.2, 0.25) is 46.3 Å². The molecular formula is C114H164N8O26. The Bertz CT molecular complexity index is 5020. The summed E-state index contributed by atoms with van der Waals surface area (Å²) in [7, 11) is 1.25. The third kappa shape index (κ3) is 55.9. The molecule has 0 aromatic heterocycles. The van der Waals surface area contributed by atoms with Gasteiger partial charge in [-0.2, -0.15) is 0 Å². The van der Waals surface area contributed by atoms with Gasteiger partial charge in [0.05, 0.1) is 51.3 Å². The van der Waals surface area contributed by atoms with Crippen LogP contribution in [-0.2, 0) is 137 Å². The van der Waals surface area contributed by atoms with Gasteiger partial charge in [0.1, 0.15) is 30.2 Å². The van der Waals surface area contributed by atoms with Crippen molar-refractivity contribution in [1.29, 1.82) is 0 Å². The zero-order valence-corrected chi connectivity index (χ0v) is 91.3. The van der Waals surface area contributed by atoms with Crippen molar-refractivity contribution in [2.75, 3.05) is 33.5 Å². The molecule has 816 valence electrons. The van der Waals surface area contributed by atoms with Crippen LogP contribution in [0.3, 0.4) is 0 Å². The molecule has 3 fully saturated rings. The van der Waals surface area contributed by atoms with Gasteiger partial charge in [0, 0.05) is 63.1 Å². The van der Waals surface area contributed by atoms with Crippen molar-refractivity contribution in [3.8, 4) is 0 Å². The number of Topliss-reactive ketones (excluding diaryl/α,β-unsaturated/α-hetero) is 8. The number of rotatable bonds is 50. The van der Waals surface area contributed by atoms with Gasteiger partial charge in [-0.05, 0) is 168 Å². The van der Waals surface area contributed by atoms with E-state index in [2.05, 4.69) is 47.3 Å². The molecule has 0 radical (unpaired) electrons. The van der Waals surface area contributed by atoms with Gasteiger partial charge in [-0.25, -0.2) is 24.0 Å². The summed E-state index contributed by atoms with van der Waals surface area (Å²) in [6.45, 7) is 44.8. The summed E-state index contributed by atoms with van der Waals surface area (Å²) in [4.78, 5) is 246. The van der Waals surface area contributed by atoms with E-state index in [1.807, 2.05) is 262 Å². The van der Waals surface area contributed by atoms with Gasteiger partial charge in [-0.1, -0.05) is 276 Å². The number of methoxy groups -OCH3 is 1. The van der Waals surface area contributed by atoms with Gasteiger partial charge < -0.3 is 66.2 Å². The maximum atomic E-state index is 12.9. The third-order valence-corrected chi connectivity index (χ3v) is 22.0. The van der Waals surface area contributed by atoms with E-state index < -0.39 is 142 Å². The number of nitrogens with one attached hydrogen (secondary N) is 8. The first-order valence-electron chi connectivity index (χ1n) is 51.4. The third-order valence-electron chi connectivity index (χ3n) is 22.0. The summed E-state index contributed by atoms with van der Waals surface area (Å²) in [5.41, 5.74) is 4.26. The zero-order valence-electron chi connectivity index (χ0n) is 91.3. The maximum Gasteiger partial charge on any atom is 0.328 e. The predicted octanol–water partition coefficient (Wildman–Crippen LogP) is 13.3. The number of hydrogen-bond acceptors (Lipinski definition) is 26. The second-order valence-corrected chi connectivity index (χ2v) is 39.7. The van der Waals surface area contributed by atoms with E-state index in [0.29, 0.717) is 25.2 Å². The molecule has 5 aromatic carbocycles. The molecule has 0 saturated heterocycles. The molecule has 0 aliphatic heterocycles. The van der Waals surface area contributed by atoms with E-state index in [4.69, 9.17) is 18.9 Å². The van der Waals surface area contributed by atoms with Crippen molar-refractivity contribution in [2.24, 2.45) is 53.3 Å². The molecule has 8 atom stereocenters. The minimum Gasteiger partial charge on any atom is -0.467 e. The maximum absolute atomic E-state index is 12.9. The number of hydrogen-bond donors (Lipinski definition) is 8. The van der Waals surface area contributed by atoms with Crippen molar-refractivity contribution >= 4 is 123 Å². The highest BCUT2D eigenvalue weighted by molar-refractivity contribution is 6.41. The molecule has 5 aromatic rings. The SMILES string of the molecule is CC(C)C(C(=O)C(=O)NC1CC1)c1ccccc1.CC(C)CC(=O)C(=O)NC1CC1.CC(C)CCC(=O)C(=O)NC1CC1.CCOC(=O)[C@H](C)NC(=O)C(=O)C(c1ccccc1)C(C)C.CCOC(=O)[C@H](C)NC(=O)C(=O)CC(C)C.CCOC(=O)[C@H](Cc1ccccc1)NC(=O)C(=O)C(c1ccccc1)C(C)C.CCOC(=O)[C@H](Cc1ccccc1)NC(=O)C(=O)CC(C)C.COC(=O)[C@@H](NC(=O)C(=O)CC(C)C)C(C)C. The number of carbonyl (C=O) groups excluding carboxylic acids is 21. The van der Waals surface area contributed by atoms with Gasteiger partial charge >= 0.3 is 29.8 Å². The molecule has 34 heteroatoms. The number of ether oxygens (including phenoxy) is 5. The van der Waals surface area contributed by atoms with E-state index in [0.717, 1.165) is 72.8 Å². The Labute approximate surface area is 874 Å². The number of amides is 8. The molecule has 3 saturated carbocycles. The number of carbonyl (C=O) groups is 21. The lowest BCUT2D eigenvalue weighted by molar-refractivity contribution is -0.149. The van der Waals surface area contributed by atoms with E-state index in [-0.39, 0.29) is 147 Å². The summed E-state index contributed by atoms with van der Waals surface area (Å²) in [6.07, 6.45) is 8.73. The number of benzene rings is 5. The molecule has 8 amide bonds. The van der Waals surface area contributed by atoms with Crippen molar-refractivity contribution in [1.82, 2.24) is 42.5 Å². The van der Waals surface area contributed by atoms with E-state index in [1.54, 1.807) is 41.5 Å². The highest BCUT2D eigenvalue weighted by Crippen LogP contribution is 2.30. The Balaban J connectivity index is 0.000000856. The Kier molecular flexibility index (Phi) is 64.5. The second-order valence-electron chi connectivity index (χ2n) is 39.7. The molecule has 3 aliphatic carbocycles. The highest BCUT2D eigenvalue weighted by Gasteiger charge is 2.38. The lowest BCUT2D eigenvalue weighted by atomic mass is 9.84. The van der Waals surface area contributed by atoms with Gasteiger partial charge in [-0.15, -0.1) is 0 Å². The summed E-state index contributed by atoms with van der Waals surface area (Å²) in [5, 5.41) is 20.3. The van der Waals surface area contributed by atoms with E-state index in [9.17, 15) is 101 Å². The molecule has 8 rings (SSSR count). The molecule has 148 heavy (non-hydrogen) atoms. The lowest BCUT2D eigenvalue weighted by Crippen LogP contribution is -2.47. The van der Waals surface area contributed by atoms with Crippen molar-refractivity contribution in [2.45, 2.75) is 322 Å². The van der Waals surface area contributed by atoms with Gasteiger partial charge in [-0.3, -0.25) is 76.7 Å². The minimum absolute atomic E-state index is 0.0291. The molecular weight excluding hydrogens is 1900 g/mol. The molecule has 34 nitrogen and oxygen atoms in total. The minimum atomic E-state index is -0.914. The summed E-state index contributed by atoms with van der Waals surface area (Å²) in [6, 6.07) is 43.1. The van der Waals surface area contributed by atoms with Crippen LogP contribution in [0.1, 0.15) is 289 Å². The van der Waals surface area contributed by atoms with Gasteiger partial charge in [0.25, 0.3) is 47.3 Å². The Morgan fingerprint density at radius 2 is 0.520 bits per heavy atom. The fraction of sp³-hybridized carbons (Fsp3) is 0.553. The standard InChI is InChI=1S/C23H27NO4.2C17H23NO4.C15H19NO2.C12H21NO4.C11H19NO4.C10H17NO2.C9H15NO2/c1-4-28-23(27)19(15-17-11-7-5-8-12-17)24-22(26)21(25)20(16(2)3)18-13-9-6-10-14-18;1-5-22-17(21)12(4)18-16(20)15(19)14(11(2)3)13-9-7-6-8-10-13;1-4-22-17(21)14(11-13-8-6-5-7-9-13)18-16(20)15(19)10-12(2)3;1-10(2)13(11-6-4-3-5-7-11)14(17)15(18)16-12-8-9-12;1-7(2)6-9(14)11(15)13-10(8(3)4)12(16)17-5;1-5-16-11(15)8(4)12-10(14)9(13)6-7(2)3;1-7(2)3-6-9(12)10(13)11-8-4-5-8;1-6(2)5-8(11)9(12)10-7-3-4-7/h5-14,16,19-20H,4,15H2,1-3H3,(H,24,26);6-12,14H,5H2,1-4H3,(H,18,20);5-9,12,14H,4,10-11H2,1-3H3,(H,18,20);3-7,10,12-13H,8-9H2,1-2H3,(H,16,18);7-8,10H,6H2,1-5H3,(H,13,15);7-8H,5-6H2,1-4H3,(H,12,14);7-8H,3-6H2,1-2H3,(H,11,13);6-7H,3-5H2,1-2H3,(H,10,12)/t19-,20?;12-,14?;14-;;10-;8-;;/m000.00../s1. The van der Waals surface area contributed by atoms with Crippen LogP contribution in [0.2, 0.25) is 0 Å². The Morgan fingerprint density at radius 3 is 0.797 bits per heavy atom. The largest absolute Gasteiger partial charge is 0.467 e. The van der Waals surface area contributed by atoms with Crippen molar-refractivity contribution in [3.63, 3.8) is 0 Å². The first-order chi connectivity index (χ1) is 69.7. The first-order valence-corrected chi connectivity index (χ1v) is 51.4. The molecule has 0 spiro atoms. The fourth-order valence-electron chi connectivity index (χ4n) is 13.9. The molecule has 8 N–H and O–H groups in total. The van der Waals surface area contributed by atoms with Crippen molar-refractivity contribution in [3.05, 3.63) is 179 Å². The highest BCUT2D eigenvalue weighted by atomic mass is 16.5. The van der Waals surface area contributed by atoms with Crippen LogP contribution in [0, 0.1) is 53.3 Å². The average Bonchev–Trinajstić information content (AvgIpc) is 1.45. The van der Waals surface area contributed by atoms with Crippen LogP contribution in [-0.4, -0.2) is 205 Å². The Morgan fingerprint density at radius 1 is 0.270 bits per heavy atom. The fourth-order valence-corrected chi connectivity index (χ4v) is 13.9. The van der Waals surface area contributed by atoms with E-state index >= 15 is 0 Å². The monoisotopic (exact) mass is 2060 g/mol.